The molecule has 0 aliphatic heterocycles. The summed E-state index contributed by atoms with van der Waals surface area (Å²) in [5, 5.41) is 3.85. The molecule has 0 spiro atoms. The summed E-state index contributed by atoms with van der Waals surface area (Å²) >= 11 is 0. The van der Waals surface area contributed by atoms with E-state index in [1.165, 1.54) is 0 Å². The second-order valence-electron chi connectivity index (χ2n) is 5.69. The van der Waals surface area contributed by atoms with Crippen molar-refractivity contribution in [1.29, 1.82) is 0 Å². The zero-order valence-corrected chi connectivity index (χ0v) is 14.2. The zero-order chi connectivity index (χ0) is 17.5. The first-order chi connectivity index (χ1) is 12.3. The minimum atomic E-state index is -0.380. The van der Waals surface area contributed by atoms with E-state index in [1.54, 1.807) is 6.92 Å². The standard InChI is InChI=1S/C20H22N2O3/c1-2-24-20(23)21-11-10-16-13-22-19-9-8-17(12-18(16)19)25-14-15-6-4-3-5-7-15/h3-9,12-13,22H,2,10-11,14H2,1H3,(H,21,23). The van der Waals surface area contributed by atoms with Gasteiger partial charge in [-0.1, -0.05) is 30.3 Å². The third kappa shape index (κ3) is 4.53. The molecule has 0 aliphatic rings. The van der Waals surface area contributed by atoms with E-state index in [0.29, 0.717) is 19.8 Å². The Morgan fingerprint density at radius 3 is 2.80 bits per heavy atom. The van der Waals surface area contributed by atoms with Gasteiger partial charge in [-0.25, -0.2) is 4.79 Å². The Balaban J connectivity index is 1.64. The lowest BCUT2D eigenvalue weighted by Crippen LogP contribution is -2.26. The van der Waals surface area contributed by atoms with Gasteiger partial charge in [0.05, 0.1) is 6.61 Å². The van der Waals surface area contributed by atoms with Crippen molar-refractivity contribution < 1.29 is 14.3 Å². The molecule has 1 aromatic heterocycles. The summed E-state index contributed by atoms with van der Waals surface area (Å²) in [7, 11) is 0. The summed E-state index contributed by atoms with van der Waals surface area (Å²) < 4.78 is 10.8. The highest BCUT2D eigenvalue weighted by atomic mass is 16.5. The number of fused-ring (bicyclic) bond motifs is 1. The molecule has 130 valence electrons. The Kier molecular flexibility index (Phi) is 5.57. The van der Waals surface area contributed by atoms with E-state index in [1.807, 2.05) is 54.7 Å². The molecule has 1 heterocycles. The molecule has 1 amide bonds. The van der Waals surface area contributed by atoms with E-state index in [-0.39, 0.29) is 6.09 Å². The van der Waals surface area contributed by atoms with Crippen molar-refractivity contribution in [2.75, 3.05) is 13.2 Å². The van der Waals surface area contributed by atoms with Crippen molar-refractivity contribution in [2.45, 2.75) is 20.0 Å². The second kappa shape index (κ2) is 8.24. The number of alkyl carbamates (subject to hydrolysis) is 1. The van der Waals surface area contributed by atoms with E-state index in [0.717, 1.165) is 34.2 Å². The first-order valence-corrected chi connectivity index (χ1v) is 8.43. The zero-order valence-electron chi connectivity index (χ0n) is 14.2. The minimum absolute atomic E-state index is 0.376. The number of benzene rings is 2. The first kappa shape index (κ1) is 16.9. The topological polar surface area (TPSA) is 63.3 Å². The number of carbonyl (C=O) groups excluding carboxylic acids is 1. The monoisotopic (exact) mass is 338 g/mol. The quantitative estimate of drug-likeness (QED) is 0.683. The maximum atomic E-state index is 11.3. The van der Waals surface area contributed by atoms with Gasteiger partial charge in [-0.05, 0) is 42.7 Å². The van der Waals surface area contributed by atoms with Crippen LogP contribution in [-0.2, 0) is 17.8 Å². The van der Waals surface area contributed by atoms with Gasteiger partial charge in [0.15, 0.2) is 0 Å². The first-order valence-electron chi connectivity index (χ1n) is 8.43. The molecule has 0 bridgehead atoms. The number of aromatic amines is 1. The summed E-state index contributed by atoms with van der Waals surface area (Å²) in [4.78, 5) is 14.6. The average molecular weight is 338 g/mol. The van der Waals surface area contributed by atoms with E-state index < -0.39 is 0 Å². The van der Waals surface area contributed by atoms with Crippen LogP contribution in [0.15, 0.2) is 54.7 Å². The highest BCUT2D eigenvalue weighted by Gasteiger charge is 2.07. The Labute approximate surface area is 147 Å². The van der Waals surface area contributed by atoms with Crippen molar-refractivity contribution >= 4 is 17.0 Å². The van der Waals surface area contributed by atoms with Crippen LogP contribution in [0.5, 0.6) is 5.75 Å². The SMILES string of the molecule is CCOC(=O)NCCc1c[nH]c2ccc(OCc3ccccc3)cc12. The predicted molar refractivity (Wildman–Crippen MR) is 97.8 cm³/mol. The van der Waals surface area contributed by atoms with Gasteiger partial charge in [0.1, 0.15) is 12.4 Å². The smallest absolute Gasteiger partial charge is 0.407 e. The molecule has 0 radical (unpaired) electrons. The summed E-state index contributed by atoms with van der Waals surface area (Å²) in [5.74, 6) is 0.829. The number of amides is 1. The van der Waals surface area contributed by atoms with Gasteiger partial charge in [0.25, 0.3) is 0 Å². The van der Waals surface area contributed by atoms with E-state index >= 15 is 0 Å². The molecular weight excluding hydrogens is 316 g/mol. The van der Waals surface area contributed by atoms with Crippen LogP contribution in [0.25, 0.3) is 10.9 Å². The molecular formula is C20H22N2O3. The fourth-order valence-corrected chi connectivity index (χ4v) is 2.68. The maximum Gasteiger partial charge on any atom is 0.407 e. The van der Waals surface area contributed by atoms with Crippen molar-refractivity contribution in [3.8, 4) is 5.75 Å². The number of nitrogens with one attached hydrogen (secondary N) is 2. The number of rotatable bonds is 7. The molecule has 3 aromatic rings. The van der Waals surface area contributed by atoms with Gasteiger partial charge in [-0.2, -0.15) is 0 Å². The largest absolute Gasteiger partial charge is 0.489 e. The molecule has 2 N–H and O–H groups in total. The molecule has 0 saturated heterocycles. The predicted octanol–water partition coefficient (Wildman–Crippen LogP) is 4.04. The number of aromatic nitrogens is 1. The van der Waals surface area contributed by atoms with Gasteiger partial charge in [-0.3, -0.25) is 0 Å². The molecule has 5 heteroatoms. The number of ether oxygens (including phenoxy) is 2. The fraction of sp³-hybridized carbons (Fsp3) is 0.250. The van der Waals surface area contributed by atoms with Gasteiger partial charge in [-0.15, -0.1) is 0 Å². The Morgan fingerprint density at radius 1 is 1.16 bits per heavy atom. The second-order valence-corrected chi connectivity index (χ2v) is 5.69. The van der Waals surface area contributed by atoms with Crippen LogP contribution in [-0.4, -0.2) is 24.2 Å². The van der Waals surface area contributed by atoms with Crippen LogP contribution < -0.4 is 10.1 Å². The number of hydrogen-bond acceptors (Lipinski definition) is 3. The Morgan fingerprint density at radius 2 is 2.00 bits per heavy atom. The summed E-state index contributed by atoms with van der Waals surface area (Å²) in [6.45, 7) is 3.23. The fourth-order valence-electron chi connectivity index (χ4n) is 2.68. The highest BCUT2D eigenvalue weighted by Crippen LogP contribution is 2.24. The lowest BCUT2D eigenvalue weighted by atomic mass is 10.1. The van der Waals surface area contributed by atoms with E-state index in [9.17, 15) is 4.79 Å². The van der Waals surface area contributed by atoms with Crippen LogP contribution in [0.3, 0.4) is 0 Å². The molecule has 0 atom stereocenters. The van der Waals surface area contributed by atoms with Crippen LogP contribution >= 0.6 is 0 Å². The molecule has 0 saturated carbocycles. The minimum Gasteiger partial charge on any atom is -0.489 e. The maximum absolute atomic E-state index is 11.3. The van der Waals surface area contributed by atoms with Crippen LogP contribution in [0.1, 0.15) is 18.1 Å². The van der Waals surface area contributed by atoms with Crippen molar-refractivity contribution in [3.05, 3.63) is 65.9 Å². The molecule has 0 aliphatic carbocycles. The van der Waals surface area contributed by atoms with Gasteiger partial charge in [0.2, 0.25) is 0 Å². The average Bonchev–Trinajstić information content (AvgIpc) is 3.03. The number of H-pyrrole nitrogens is 1. The van der Waals surface area contributed by atoms with Gasteiger partial charge >= 0.3 is 6.09 Å². The lowest BCUT2D eigenvalue weighted by molar-refractivity contribution is 0.152. The van der Waals surface area contributed by atoms with Crippen LogP contribution in [0, 0.1) is 0 Å². The Bertz CT molecular complexity index is 827. The molecule has 0 fully saturated rings. The van der Waals surface area contributed by atoms with Gasteiger partial charge < -0.3 is 19.8 Å². The third-order valence-electron chi connectivity index (χ3n) is 3.93. The van der Waals surface area contributed by atoms with Crippen LogP contribution in [0.4, 0.5) is 4.79 Å². The van der Waals surface area contributed by atoms with Crippen molar-refractivity contribution in [3.63, 3.8) is 0 Å². The summed E-state index contributed by atoms with van der Waals surface area (Å²) in [6.07, 6.45) is 2.31. The highest BCUT2D eigenvalue weighted by molar-refractivity contribution is 5.84. The molecule has 5 nitrogen and oxygen atoms in total. The number of carbonyl (C=O) groups is 1. The third-order valence-corrected chi connectivity index (χ3v) is 3.93. The van der Waals surface area contributed by atoms with Gasteiger partial charge in [0, 0.05) is 23.6 Å². The normalized spacial score (nSPS) is 10.6. The summed E-state index contributed by atoms with van der Waals surface area (Å²) in [6, 6.07) is 16.1. The number of hydrogen-bond donors (Lipinski definition) is 2. The molecule has 2 aromatic carbocycles. The van der Waals surface area contributed by atoms with Crippen molar-refractivity contribution in [1.82, 2.24) is 10.3 Å². The molecule has 0 unspecified atom stereocenters. The molecule has 25 heavy (non-hydrogen) atoms. The van der Waals surface area contributed by atoms with E-state index in [4.69, 9.17) is 9.47 Å². The Hall–Kier alpha value is -2.95. The summed E-state index contributed by atoms with van der Waals surface area (Å²) in [5.41, 5.74) is 3.32. The molecule has 3 rings (SSSR count). The van der Waals surface area contributed by atoms with E-state index in [2.05, 4.69) is 10.3 Å². The lowest BCUT2D eigenvalue weighted by Gasteiger charge is -2.07. The van der Waals surface area contributed by atoms with Crippen molar-refractivity contribution in [2.24, 2.45) is 0 Å². The van der Waals surface area contributed by atoms with Crippen LogP contribution in [0.2, 0.25) is 0 Å².